The van der Waals surface area contributed by atoms with Crippen molar-refractivity contribution < 1.29 is 9.59 Å². The lowest BCUT2D eigenvalue weighted by molar-refractivity contribution is -0.140. The van der Waals surface area contributed by atoms with Gasteiger partial charge in [-0.2, -0.15) is 0 Å². The molecule has 1 atom stereocenters. The Labute approximate surface area is 183 Å². The first-order valence-electron chi connectivity index (χ1n) is 9.92. The average molecular weight is 435 g/mol. The topological polar surface area (TPSA) is 49.4 Å². The largest absolute Gasteiger partial charge is 0.354 e. The number of benzene rings is 2. The molecule has 0 unspecified atom stereocenters. The van der Waals surface area contributed by atoms with Gasteiger partial charge in [0, 0.05) is 23.1 Å². The van der Waals surface area contributed by atoms with Crippen molar-refractivity contribution >= 4 is 35.0 Å². The maximum Gasteiger partial charge on any atom is 0.242 e. The Bertz CT molecular complexity index is 834. The third-order valence-electron chi connectivity index (χ3n) is 4.76. The van der Waals surface area contributed by atoms with Gasteiger partial charge in [-0.1, -0.05) is 72.9 Å². The summed E-state index contributed by atoms with van der Waals surface area (Å²) in [5, 5.41) is 3.82. The highest BCUT2D eigenvalue weighted by atomic mass is 35.5. The lowest BCUT2D eigenvalue weighted by Crippen LogP contribution is -2.49. The second-order valence-electron chi connectivity index (χ2n) is 7.10. The molecule has 2 aromatic rings. The zero-order valence-electron chi connectivity index (χ0n) is 17.2. The number of carbonyl (C=O) groups is 2. The van der Waals surface area contributed by atoms with Crippen LogP contribution in [0.5, 0.6) is 0 Å². The van der Waals surface area contributed by atoms with Crippen LogP contribution in [-0.2, 0) is 22.6 Å². The maximum atomic E-state index is 13.3. The molecule has 0 fully saturated rings. The van der Waals surface area contributed by atoms with E-state index >= 15 is 0 Å². The highest BCUT2D eigenvalue weighted by Crippen LogP contribution is 2.26. The first-order valence-corrected chi connectivity index (χ1v) is 10.7. The monoisotopic (exact) mass is 434 g/mol. The molecule has 0 spiro atoms. The van der Waals surface area contributed by atoms with Crippen molar-refractivity contribution in [2.45, 2.75) is 52.6 Å². The summed E-state index contributed by atoms with van der Waals surface area (Å²) in [4.78, 5) is 27.7. The normalized spacial score (nSPS) is 11.8. The number of hydrogen-bond acceptors (Lipinski definition) is 2. The third kappa shape index (κ3) is 6.48. The van der Waals surface area contributed by atoms with E-state index in [1.54, 1.807) is 23.1 Å². The Kier molecular flexibility index (Phi) is 8.99. The summed E-state index contributed by atoms with van der Waals surface area (Å²) >= 11 is 12.5. The molecule has 1 N–H and O–H groups in total. The molecule has 0 heterocycles. The Morgan fingerprint density at radius 3 is 2.31 bits per heavy atom. The van der Waals surface area contributed by atoms with Gasteiger partial charge in [0.05, 0.1) is 6.42 Å². The van der Waals surface area contributed by atoms with Crippen LogP contribution in [-0.4, -0.2) is 29.3 Å². The first kappa shape index (κ1) is 23.2. The highest BCUT2D eigenvalue weighted by Gasteiger charge is 2.29. The van der Waals surface area contributed by atoms with E-state index in [-0.39, 0.29) is 18.2 Å². The van der Waals surface area contributed by atoms with Crippen molar-refractivity contribution in [3.63, 3.8) is 0 Å². The maximum absolute atomic E-state index is 13.3. The van der Waals surface area contributed by atoms with Crippen LogP contribution in [0.25, 0.3) is 0 Å². The van der Waals surface area contributed by atoms with Crippen LogP contribution in [0.3, 0.4) is 0 Å². The van der Waals surface area contributed by atoms with E-state index < -0.39 is 6.04 Å². The average Bonchev–Trinajstić information content (AvgIpc) is 2.69. The molecular formula is C23H28Cl2N2O2. The molecule has 2 amide bonds. The molecule has 2 aromatic carbocycles. The molecule has 0 aliphatic heterocycles. The number of aryl methyl sites for hydroxylation is 1. The number of carbonyl (C=O) groups excluding carboxylic acids is 2. The number of amides is 2. The van der Waals surface area contributed by atoms with Gasteiger partial charge in [-0.15, -0.1) is 0 Å². The summed E-state index contributed by atoms with van der Waals surface area (Å²) in [7, 11) is 0. The molecule has 2 rings (SSSR count). The van der Waals surface area contributed by atoms with Crippen LogP contribution in [0.1, 0.15) is 43.4 Å². The van der Waals surface area contributed by atoms with Crippen LogP contribution in [0, 0.1) is 6.92 Å². The summed E-state index contributed by atoms with van der Waals surface area (Å²) in [6, 6.07) is 12.6. The molecule has 0 aliphatic rings. The first-order chi connectivity index (χ1) is 13.9. The van der Waals surface area contributed by atoms with E-state index in [1.165, 1.54) is 0 Å². The van der Waals surface area contributed by atoms with Crippen molar-refractivity contribution in [3.8, 4) is 0 Å². The van der Waals surface area contributed by atoms with E-state index in [0.29, 0.717) is 35.1 Å². The van der Waals surface area contributed by atoms with Crippen molar-refractivity contribution in [1.29, 1.82) is 0 Å². The lowest BCUT2D eigenvalue weighted by Gasteiger charge is -2.31. The van der Waals surface area contributed by atoms with Gasteiger partial charge >= 0.3 is 0 Å². The molecular weight excluding hydrogens is 407 g/mol. The predicted octanol–water partition coefficient (Wildman–Crippen LogP) is 5.18. The van der Waals surface area contributed by atoms with Crippen LogP contribution in [0.4, 0.5) is 0 Å². The van der Waals surface area contributed by atoms with Gasteiger partial charge in [0.25, 0.3) is 0 Å². The summed E-state index contributed by atoms with van der Waals surface area (Å²) in [6.07, 6.45) is 1.40. The summed E-state index contributed by atoms with van der Waals surface area (Å²) < 4.78 is 0. The Balaban J connectivity index is 2.33. The van der Waals surface area contributed by atoms with E-state index in [0.717, 1.165) is 17.5 Å². The number of rotatable bonds is 9. The molecule has 0 aliphatic carbocycles. The Morgan fingerprint density at radius 2 is 1.72 bits per heavy atom. The summed E-state index contributed by atoms with van der Waals surface area (Å²) in [5.74, 6) is -0.319. The fourth-order valence-corrected chi connectivity index (χ4v) is 3.78. The van der Waals surface area contributed by atoms with E-state index in [9.17, 15) is 9.59 Å². The second kappa shape index (κ2) is 11.2. The fraction of sp³-hybridized carbons (Fsp3) is 0.391. The van der Waals surface area contributed by atoms with Gasteiger partial charge in [0.2, 0.25) is 11.8 Å². The molecule has 0 saturated carbocycles. The molecule has 0 saturated heterocycles. The lowest BCUT2D eigenvalue weighted by atomic mass is 10.1. The van der Waals surface area contributed by atoms with Gasteiger partial charge in [-0.3, -0.25) is 9.59 Å². The quantitative estimate of drug-likeness (QED) is 0.590. The van der Waals surface area contributed by atoms with E-state index in [4.69, 9.17) is 23.2 Å². The van der Waals surface area contributed by atoms with Gasteiger partial charge in [0.1, 0.15) is 6.04 Å². The zero-order chi connectivity index (χ0) is 21.4. The standard InChI is InChI=1S/C23H28Cl2N2O2/c1-4-12-26-23(29)21(5-2)27(15-17-9-6-8-16(3)13-17)22(28)14-18-19(24)10-7-11-20(18)25/h6-11,13,21H,4-5,12,14-15H2,1-3H3,(H,26,29)/t21-/m0/s1. The Morgan fingerprint density at radius 1 is 1.07 bits per heavy atom. The summed E-state index contributed by atoms with van der Waals surface area (Å²) in [6.45, 7) is 6.84. The van der Waals surface area contributed by atoms with Crippen molar-refractivity contribution in [2.24, 2.45) is 0 Å². The number of halogens is 2. The second-order valence-corrected chi connectivity index (χ2v) is 7.92. The van der Waals surface area contributed by atoms with Crippen LogP contribution < -0.4 is 5.32 Å². The van der Waals surface area contributed by atoms with E-state index in [1.807, 2.05) is 45.0 Å². The van der Waals surface area contributed by atoms with Crippen LogP contribution in [0.2, 0.25) is 10.0 Å². The Hall–Kier alpha value is -2.04. The van der Waals surface area contributed by atoms with E-state index in [2.05, 4.69) is 5.32 Å². The molecule has 29 heavy (non-hydrogen) atoms. The van der Waals surface area contributed by atoms with Crippen LogP contribution >= 0.6 is 23.2 Å². The number of nitrogens with zero attached hydrogens (tertiary/aromatic N) is 1. The minimum absolute atomic E-state index is 0.0435. The fourth-order valence-electron chi connectivity index (χ4n) is 3.25. The molecule has 0 aromatic heterocycles. The van der Waals surface area contributed by atoms with Gasteiger partial charge in [-0.05, 0) is 43.0 Å². The van der Waals surface area contributed by atoms with Gasteiger partial charge in [-0.25, -0.2) is 0 Å². The smallest absolute Gasteiger partial charge is 0.242 e. The molecule has 0 radical (unpaired) electrons. The molecule has 4 nitrogen and oxygen atoms in total. The molecule has 0 bridgehead atoms. The highest BCUT2D eigenvalue weighted by molar-refractivity contribution is 6.36. The minimum atomic E-state index is -0.559. The molecule has 156 valence electrons. The minimum Gasteiger partial charge on any atom is -0.354 e. The zero-order valence-corrected chi connectivity index (χ0v) is 18.7. The molecule has 6 heteroatoms. The van der Waals surface area contributed by atoms with Crippen molar-refractivity contribution in [2.75, 3.05) is 6.54 Å². The number of nitrogens with one attached hydrogen (secondary N) is 1. The van der Waals surface area contributed by atoms with Gasteiger partial charge < -0.3 is 10.2 Å². The van der Waals surface area contributed by atoms with Gasteiger partial charge in [0.15, 0.2) is 0 Å². The van der Waals surface area contributed by atoms with Crippen molar-refractivity contribution in [3.05, 3.63) is 69.2 Å². The predicted molar refractivity (Wildman–Crippen MR) is 119 cm³/mol. The SMILES string of the molecule is CCCNC(=O)[C@H](CC)N(Cc1cccc(C)c1)C(=O)Cc1c(Cl)cccc1Cl. The van der Waals surface area contributed by atoms with Crippen LogP contribution in [0.15, 0.2) is 42.5 Å². The van der Waals surface area contributed by atoms with Crippen molar-refractivity contribution in [1.82, 2.24) is 10.2 Å². The third-order valence-corrected chi connectivity index (χ3v) is 5.47. The number of hydrogen-bond donors (Lipinski definition) is 1. The summed E-state index contributed by atoms with van der Waals surface area (Å²) in [5.41, 5.74) is 2.66.